The summed E-state index contributed by atoms with van der Waals surface area (Å²) in [5.74, 6) is -0.0737. The molecule has 7 nitrogen and oxygen atoms in total. The number of nitro benzene ring substituents is 1. The van der Waals surface area contributed by atoms with Crippen LogP contribution in [0.4, 0.5) is 11.4 Å². The highest BCUT2D eigenvalue weighted by Crippen LogP contribution is 2.31. The number of amides is 1. The van der Waals surface area contributed by atoms with Gasteiger partial charge in [0.25, 0.3) is 11.6 Å². The van der Waals surface area contributed by atoms with Crippen molar-refractivity contribution in [3.8, 4) is 0 Å². The summed E-state index contributed by atoms with van der Waals surface area (Å²) in [6, 6.07) is 14.2. The zero-order valence-electron chi connectivity index (χ0n) is 16.7. The van der Waals surface area contributed by atoms with Crippen LogP contribution < -0.4 is 5.32 Å². The van der Waals surface area contributed by atoms with Gasteiger partial charge in [0.05, 0.1) is 17.6 Å². The Labute approximate surface area is 165 Å². The molecule has 1 N–H and O–H groups in total. The number of nitrogens with zero attached hydrogens (tertiary/aromatic N) is 2. The molecule has 1 atom stereocenters. The van der Waals surface area contributed by atoms with Crippen molar-refractivity contribution in [2.24, 2.45) is 5.92 Å². The van der Waals surface area contributed by atoms with Crippen LogP contribution in [0.5, 0.6) is 0 Å². The number of carbonyl (C=O) groups excluding carboxylic acids is 1. The van der Waals surface area contributed by atoms with Crippen LogP contribution in [0.15, 0.2) is 48.5 Å². The maximum Gasteiger partial charge on any atom is 0.293 e. The summed E-state index contributed by atoms with van der Waals surface area (Å²) >= 11 is 0. The van der Waals surface area contributed by atoms with Gasteiger partial charge in [-0.1, -0.05) is 44.2 Å². The third-order valence-electron chi connectivity index (χ3n) is 4.57. The minimum Gasteiger partial charge on any atom is -0.383 e. The maximum absolute atomic E-state index is 13.1. The minimum atomic E-state index is -0.483. The Morgan fingerprint density at radius 2 is 1.89 bits per heavy atom. The Morgan fingerprint density at radius 1 is 1.21 bits per heavy atom. The van der Waals surface area contributed by atoms with Gasteiger partial charge in [-0.3, -0.25) is 14.9 Å². The molecule has 0 fully saturated rings. The van der Waals surface area contributed by atoms with E-state index in [4.69, 9.17) is 4.74 Å². The van der Waals surface area contributed by atoms with Gasteiger partial charge in [-0.15, -0.1) is 0 Å². The monoisotopic (exact) mass is 385 g/mol. The number of hydrogen-bond donors (Lipinski definition) is 1. The van der Waals surface area contributed by atoms with Crippen LogP contribution in [0.3, 0.4) is 0 Å². The van der Waals surface area contributed by atoms with E-state index in [0.717, 1.165) is 5.56 Å². The molecule has 0 heterocycles. The molecule has 2 rings (SSSR count). The lowest BCUT2D eigenvalue weighted by Crippen LogP contribution is -2.34. The number of methoxy groups -OCH3 is 1. The van der Waals surface area contributed by atoms with E-state index in [2.05, 4.69) is 5.32 Å². The van der Waals surface area contributed by atoms with E-state index in [9.17, 15) is 14.9 Å². The molecular weight excluding hydrogens is 358 g/mol. The quantitative estimate of drug-likeness (QED) is 0.399. The number of carbonyl (C=O) groups is 1. The summed E-state index contributed by atoms with van der Waals surface area (Å²) in [6.07, 6.45) is 0. The van der Waals surface area contributed by atoms with Gasteiger partial charge in [0.15, 0.2) is 0 Å². The van der Waals surface area contributed by atoms with Crippen molar-refractivity contribution < 1.29 is 14.5 Å². The van der Waals surface area contributed by atoms with Crippen LogP contribution >= 0.6 is 0 Å². The molecule has 0 spiro atoms. The van der Waals surface area contributed by atoms with E-state index in [1.807, 2.05) is 44.2 Å². The van der Waals surface area contributed by atoms with Crippen LogP contribution in [0.2, 0.25) is 0 Å². The fourth-order valence-corrected chi connectivity index (χ4v) is 3.29. The second-order valence-electron chi connectivity index (χ2n) is 6.92. The highest BCUT2D eigenvalue weighted by Gasteiger charge is 2.27. The summed E-state index contributed by atoms with van der Waals surface area (Å²) in [5, 5.41) is 14.4. The fourth-order valence-electron chi connectivity index (χ4n) is 3.29. The lowest BCUT2D eigenvalue weighted by Gasteiger charge is -2.32. The molecule has 7 heteroatoms. The van der Waals surface area contributed by atoms with Gasteiger partial charge in [-0.2, -0.15) is 0 Å². The number of benzene rings is 2. The average molecular weight is 385 g/mol. The molecule has 150 valence electrons. The Hall–Kier alpha value is -2.93. The van der Waals surface area contributed by atoms with Crippen LogP contribution in [0.25, 0.3) is 0 Å². The summed E-state index contributed by atoms with van der Waals surface area (Å²) in [6.45, 7) is 4.96. The molecular formula is C21H27N3O4. The first-order valence-corrected chi connectivity index (χ1v) is 9.20. The lowest BCUT2D eigenvalue weighted by atomic mass is 9.94. The first-order chi connectivity index (χ1) is 13.4. The molecule has 2 aromatic carbocycles. The molecule has 0 saturated carbocycles. The highest BCUT2D eigenvalue weighted by atomic mass is 16.6. The van der Waals surface area contributed by atoms with Crippen molar-refractivity contribution in [3.05, 3.63) is 69.8 Å². The average Bonchev–Trinajstić information content (AvgIpc) is 2.68. The Kier molecular flexibility index (Phi) is 7.52. The number of rotatable bonds is 9. The normalized spacial score (nSPS) is 11.9. The molecule has 0 aliphatic rings. The van der Waals surface area contributed by atoms with Crippen molar-refractivity contribution in [1.29, 1.82) is 0 Å². The number of anilines is 1. The van der Waals surface area contributed by atoms with Crippen LogP contribution in [0, 0.1) is 16.0 Å². The highest BCUT2D eigenvalue weighted by molar-refractivity contribution is 5.96. The van der Waals surface area contributed by atoms with Crippen LogP contribution in [0.1, 0.15) is 35.8 Å². The zero-order valence-corrected chi connectivity index (χ0v) is 16.7. The topological polar surface area (TPSA) is 84.7 Å². The fraction of sp³-hybridized carbons (Fsp3) is 0.381. The summed E-state index contributed by atoms with van der Waals surface area (Å²) in [5.41, 5.74) is 1.55. The third-order valence-corrected chi connectivity index (χ3v) is 4.57. The molecule has 1 amide bonds. The Bertz CT molecular complexity index is 809. The Balaban J connectivity index is 2.31. The van der Waals surface area contributed by atoms with Gasteiger partial charge in [0, 0.05) is 32.3 Å². The predicted octanol–water partition coefficient (Wildman–Crippen LogP) is 4.12. The molecule has 1 unspecified atom stereocenters. The molecule has 28 heavy (non-hydrogen) atoms. The number of ether oxygens (including phenoxy) is 1. The largest absolute Gasteiger partial charge is 0.383 e. The molecule has 0 aromatic heterocycles. The van der Waals surface area contributed by atoms with Crippen LogP contribution in [-0.2, 0) is 4.74 Å². The molecule has 0 radical (unpaired) electrons. The van der Waals surface area contributed by atoms with Crippen molar-refractivity contribution in [1.82, 2.24) is 4.90 Å². The first-order valence-electron chi connectivity index (χ1n) is 9.20. The van der Waals surface area contributed by atoms with E-state index < -0.39 is 4.92 Å². The van der Waals surface area contributed by atoms with Crippen LogP contribution in [-0.4, -0.2) is 43.0 Å². The van der Waals surface area contributed by atoms with Gasteiger partial charge in [-0.25, -0.2) is 0 Å². The maximum atomic E-state index is 13.1. The van der Waals surface area contributed by atoms with Gasteiger partial charge in [-0.05, 0) is 23.6 Å². The van der Waals surface area contributed by atoms with Crippen molar-refractivity contribution in [3.63, 3.8) is 0 Å². The first kappa shape index (κ1) is 21.4. The smallest absolute Gasteiger partial charge is 0.293 e. The molecule has 2 aromatic rings. The molecule has 0 aliphatic carbocycles. The second-order valence-corrected chi connectivity index (χ2v) is 6.92. The van der Waals surface area contributed by atoms with E-state index in [0.29, 0.717) is 18.8 Å². The standard InChI is InChI=1S/C21H27N3O4/c1-15(2)20(16-8-6-5-7-9-16)23(3)21(25)17-10-11-18(22-12-13-28-4)19(14-17)24(26)27/h5-11,14-15,20,22H,12-13H2,1-4H3. The summed E-state index contributed by atoms with van der Waals surface area (Å²) < 4.78 is 4.95. The van der Waals surface area contributed by atoms with Crippen molar-refractivity contribution >= 4 is 17.3 Å². The lowest BCUT2D eigenvalue weighted by molar-refractivity contribution is -0.384. The van der Waals surface area contributed by atoms with Gasteiger partial charge < -0.3 is 15.0 Å². The number of nitrogens with one attached hydrogen (secondary N) is 1. The third kappa shape index (κ3) is 5.07. The van der Waals surface area contributed by atoms with Crippen molar-refractivity contribution in [2.45, 2.75) is 19.9 Å². The number of hydrogen-bond acceptors (Lipinski definition) is 5. The van der Waals surface area contributed by atoms with Gasteiger partial charge in [0.2, 0.25) is 0 Å². The predicted molar refractivity (Wildman–Crippen MR) is 110 cm³/mol. The second kappa shape index (κ2) is 9.85. The SMILES string of the molecule is COCCNc1ccc(C(=O)N(C)C(c2ccccc2)C(C)C)cc1[N+](=O)[O-]. The Morgan fingerprint density at radius 3 is 2.46 bits per heavy atom. The molecule has 0 aliphatic heterocycles. The molecule has 0 bridgehead atoms. The van der Waals surface area contributed by atoms with Crippen molar-refractivity contribution in [2.75, 3.05) is 32.6 Å². The zero-order chi connectivity index (χ0) is 20.7. The summed E-state index contributed by atoms with van der Waals surface area (Å²) in [7, 11) is 3.29. The van der Waals surface area contributed by atoms with E-state index in [1.165, 1.54) is 6.07 Å². The minimum absolute atomic E-state index is 0.129. The summed E-state index contributed by atoms with van der Waals surface area (Å²) in [4.78, 5) is 25.7. The molecule has 0 saturated heterocycles. The van der Waals surface area contributed by atoms with E-state index in [-0.39, 0.29) is 29.1 Å². The van der Waals surface area contributed by atoms with Gasteiger partial charge >= 0.3 is 0 Å². The number of nitro groups is 1. The van der Waals surface area contributed by atoms with E-state index in [1.54, 1.807) is 31.2 Å². The van der Waals surface area contributed by atoms with Gasteiger partial charge in [0.1, 0.15) is 5.69 Å². The van der Waals surface area contributed by atoms with E-state index >= 15 is 0 Å².